The van der Waals surface area contributed by atoms with E-state index in [1.54, 1.807) is 13.0 Å². The van der Waals surface area contributed by atoms with E-state index in [1.165, 1.54) is 7.11 Å². The van der Waals surface area contributed by atoms with Gasteiger partial charge in [-0.25, -0.2) is 9.59 Å². The normalized spacial score (nSPS) is 12.9. The molecular weight excluding hydrogens is 252 g/mol. The summed E-state index contributed by atoms with van der Waals surface area (Å²) in [6.07, 6.45) is 2.13. The summed E-state index contributed by atoms with van der Waals surface area (Å²) in [5, 5.41) is 13.8. The number of methoxy groups -OCH3 is 1. The van der Waals surface area contributed by atoms with Crippen molar-refractivity contribution in [1.82, 2.24) is 10.6 Å². The number of nitrogens with one attached hydrogen (secondary N) is 2. The van der Waals surface area contributed by atoms with Crippen LogP contribution in [0.25, 0.3) is 0 Å². The molecule has 0 aliphatic carbocycles. The maximum atomic E-state index is 11.5. The van der Waals surface area contributed by atoms with Gasteiger partial charge in [0.15, 0.2) is 0 Å². The number of carboxylic acids is 1. The van der Waals surface area contributed by atoms with Gasteiger partial charge < -0.3 is 20.5 Å². The molecule has 0 saturated carbocycles. The number of ether oxygens (including phenoxy) is 1. The molecule has 0 saturated heterocycles. The Hall–Kier alpha value is -2.05. The molecule has 0 aromatic carbocycles. The summed E-state index contributed by atoms with van der Waals surface area (Å²) in [5.41, 5.74) is 0. The Morgan fingerprint density at radius 2 is 2.00 bits per heavy atom. The molecule has 0 radical (unpaired) electrons. The van der Waals surface area contributed by atoms with E-state index in [1.807, 2.05) is 0 Å². The largest absolute Gasteiger partial charge is 0.480 e. The molecular formula is C12H20N2O5. The van der Waals surface area contributed by atoms with Crippen LogP contribution >= 0.6 is 0 Å². The number of esters is 1. The topological polar surface area (TPSA) is 105 Å². The molecule has 0 aliphatic rings. The highest BCUT2D eigenvalue weighted by atomic mass is 16.5. The second kappa shape index (κ2) is 8.96. The highest BCUT2D eigenvalue weighted by molar-refractivity contribution is 5.83. The van der Waals surface area contributed by atoms with E-state index < -0.39 is 24.0 Å². The van der Waals surface area contributed by atoms with E-state index in [0.29, 0.717) is 6.42 Å². The summed E-state index contributed by atoms with van der Waals surface area (Å²) in [7, 11) is 1.22. The second-order valence-corrected chi connectivity index (χ2v) is 4.05. The number of rotatable bonds is 8. The third kappa shape index (κ3) is 7.80. The van der Waals surface area contributed by atoms with Crippen molar-refractivity contribution in [1.29, 1.82) is 0 Å². The first-order valence-electron chi connectivity index (χ1n) is 5.88. The van der Waals surface area contributed by atoms with Crippen LogP contribution in [0.15, 0.2) is 12.7 Å². The van der Waals surface area contributed by atoms with E-state index in [0.717, 1.165) is 0 Å². The fourth-order valence-electron chi connectivity index (χ4n) is 1.35. The molecule has 7 heteroatoms. The fourth-order valence-corrected chi connectivity index (χ4v) is 1.35. The summed E-state index contributed by atoms with van der Waals surface area (Å²) in [6.45, 7) is 5.31. The fraction of sp³-hybridized carbons (Fsp3) is 0.583. The van der Waals surface area contributed by atoms with Crippen LogP contribution in [0.3, 0.4) is 0 Å². The molecule has 0 rings (SSSR count). The van der Waals surface area contributed by atoms with E-state index in [-0.39, 0.29) is 18.9 Å². The van der Waals surface area contributed by atoms with E-state index in [4.69, 9.17) is 5.11 Å². The van der Waals surface area contributed by atoms with Crippen molar-refractivity contribution in [2.75, 3.05) is 7.11 Å². The first kappa shape index (κ1) is 16.9. The van der Waals surface area contributed by atoms with Crippen molar-refractivity contribution in [2.45, 2.75) is 38.3 Å². The Morgan fingerprint density at radius 3 is 2.47 bits per heavy atom. The Morgan fingerprint density at radius 1 is 1.37 bits per heavy atom. The molecule has 0 bridgehead atoms. The summed E-state index contributed by atoms with van der Waals surface area (Å²) in [6, 6.07) is -1.87. The van der Waals surface area contributed by atoms with Gasteiger partial charge in [-0.3, -0.25) is 4.79 Å². The lowest BCUT2D eigenvalue weighted by Crippen LogP contribution is -2.48. The molecule has 1 unspecified atom stereocenters. The molecule has 0 aliphatic heterocycles. The number of carbonyl (C=O) groups excluding carboxylic acids is 2. The first-order chi connectivity index (χ1) is 8.90. The number of aliphatic carboxylic acids is 1. The van der Waals surface area contributed by atoms with E-state index in [2.05, 4.69) is 21.9 Å². The minimum Gasteiger partial charge on any atom is -0.480 e. The molecule has 0 heterocycles. The van der Waals surface area contributed by atoms with E-state index in [9.17, 15) is 14.4 Å². The number of carbonyl (C=O) groups is 3. The zero-order valence-corrected chi connectivity index (χ0v) is 11.1. The van der Waals surface area contributed by atoms with Crippen molar-refractivity contribution in [3.05, 3.63) is 12.7 Å². The molecule has 2 atom stereocenters. The number of amides is 2. The van der Waals surface area contributed by atoms with Gasteiger partial charge in [-0.2, -0.15) is 0 Å². The van der Waals surface area contributed by atoms with Gasteiger partial charge in [0.25, 0.3) is 0 Å². The lowest BCUT2D eigenvalue weighted by Gasteiger charge is -2.17. The third-order valence-corrected chi connectivity index (χ3v) is 2.37. The Kier molecular flexibility index (Phi) is 7.99. The van der Waals surface area contributed by atoms with Gasteiger partial charge in [0.1, 0.15) is 6.04 Å². The van der Waals surface area contributed by atoms with Crippen LogP contribution in [0.5, 0.6) is 0 Å². The molecule has 7 nitrogen and oxygen atoms in total. The second-order valence-electron chi connectivity index (χ2n) is 4.05. The van der Waals surface area contributed by atoms with Crippen LogP contribution in [-0.4, -0.2) is 42.3 Å². The maximum absolute atomic E-state index is 11.5. The van der Waals surface area contributed by atoms with Gasteiger partial charge in [0.2, 0.25) is 0 Å². The predicted molar refractivity (Wildman–Crippen MR) is 68.6 cm³/mol. The smallest absolute Gasteiger partial charge is 0.326 e. The number of hydrogen-bond donors (Lipinski definition) is 3. The van der Waals surface area contributed by atoms with Crippen molar-refractivity contribution in [3.63, 3.8) is 0 Å². The van der Waals surface area contributed by atoms with E-state index >= 15 is 0 Å². The minimum absolute atomic E-state index is 0.0226. The summed E-state index contributed by atoms with van der Waals surface area (Å²) in [4.78, 5) is 33.4. The SMILES string of the molecule is C=CCC(C)NC(=O)N[C@@H](CCC(=O)OC)C(=O)O. The monoisotopic (exact) mass is 272 g/mol. The van der Waals surface area contributed by atoms with Crippen LogP contribution in [0.4, 0.5) is 4.79 Å². The lowest BCUT2D eigenvalue weighted by atomic mass is 10.1. The molecule has 108 valence electrons. The van der Waals surface area contributed by atoms with Crippen LogP contribution in [0.1, 0.15) is 26.2 Å². The Labute approximate surface area is 112 Å². The zero-order chi connectivity index (χ0) is 14.8. The highest BCUT2D eigenvalue weighted by Gasteiger charge is 2.21. The van der Waals surface area contributed by atoms with Gasteiger partial charge in [0.05, 0.1) is 7.11 Å². The first-order valence-corrected chi connectivity index (χ1v) is 5.88. The van der Waals surface area contributed by atoms with Crippen molar-refractivity contribution < 1.29 is 24.2 Å². The summed E-state index contributed by atoms with van der Waals surface area (Å²) >= 11 is 0. The molecule has 0 aromatic rings. The van der Waals surface area contributed by atoms with Crippen molar-refractivity contribution in [3.8, 4) is 0 Å². The maximum Gasteiger partial charge on any atom is 0.326 e. The molecule has 19 heavy (non-hydrogen) atoms. The highest BCUT2D eigenvalue weighted by Crippen LogP contribution is 2.00. The van der Waals surface area contributed by atoms with Crippen LogP contribution < -0.4 is 10.6 Å². The van der Waals surface area contributed by atoms with Crippen LogP contribution in [0, 0.1) is 0 Å². The number of carboxylic acid groups (broad SMARTS) is 1. The number of hydrogen-bond acceptors (Lipinski definition) is 4. The average molecular weight is 272 g/mol. The third-order valence-electron chi connectivity index (χ3n) is 2.37. The summed E-state index contributed by atoms with van der Waals surface area (Å²) < 4.78 is 4.41. The van der Waals surface area contributed by atoms with Gasteiger partial charge in [-0.05, 0) is 19.8 Å². The molecule has 2 amide bonds. The molecule has 0 spiro atoms. The molecule has 0 fully saturated rings. The Bertz CT molecular complexity index is 343. The minimum atomic E-state index is -1.20. The van der Waals surface area contributed by atoms with Gasteiger partial charge >= 0.3 is 18.0 Å². The van der Waals surface area contributed by atoms with Crippen molar-refractivity contribution >= 4 is 18.0 Å². The standard InChI is InChI=1S/C12H20N2O5/c1-4-5-8(2)13-12(18)14-9(11(16)17)6-7-10(15)19-3/h4,8-9H,1,5-7H2,2-3H3,(H,16,17)(H2,13,14,18)/t8?,9-/m0/s1. The van der Waals surface area contributed by atoms with Crippen molar-refractivity contribution in [2.24, 2.45) is 0 Å². The van der Waals surface area contributed by atoms with Gasteiger partial charge in [-0.1, -0.05) is 6.08 Å². The molecule has 3 N–H and O–H groups in total. The summed E-state index contributed by atoms with van der Waals surface area (Å²) in [5.74, 6) is -1.72. The zero-order valence-electron chi connectivity index (χ0n) is 11.1. The quantitative estimate of drug-likeness (QED) is 0.444. The average Bonchev–Trinajstić information content (AvgIpc) is 2.33. The lowest BCUT2D eigenvalue weighted by molar-refractivity contribution is -0.142. The number of urea groups is 1. The van der Waals surface area contributed by atoms with Gasteiger partial charge in [-0.15, -0.1) is 6.58 Å². The Balaban J connectivity index is 4.26. The van der Waals surface area contributed by atoms with Crippen LogP contribution in [0.2, 0.25) is 0 Å². The molecule has 0 aromatic heterocycles. The predicted octanol–water partition coefficient (Wildman–Crippen LogP) is 0.657. The van der Waals surface area contributed by atoms with Gasteiger partial charge in [0, 0.05) is 12.5 Å². The van der Waals surface area contributed by atoms with Crippen LogP contribution in [-0.2, 0) is 14.3 Å².